The summed E-state index contributed by atoms with van der Waals surface area (Å²) in [4.78, 5) is 11.0. The topological polar surface area (TPSA) is 61.3 Å². The van der Waals surface area contributed by atoms with Crippen molar-refractivity contribution < 1.29 is 5.11 Å². The van der Waals surface area contributed by atoms with Crippen molar-refractivity contribution in [1.29, 1.82) is 0 Å². The molecule has 1 aliphatic rings. The molecule has 5 heteroatoms. The molecule has 100 valence electrons. The van der Waals surface area contributed by atoms with Crippen LogP contribution in [0.3, 0.4) is 0 Å². The molecule has 2 N–H and O–H groups in total. The summed E-state index contributed by atoms with van der Waals surface area (Å²) in [7, 11) is 1.89. The first-order chi connectivity index (χ1) is 8.81. The van der Waals surface area contributed by atoms with E-state index in [0.29, 0.717) is 0 Å². The summed E-state index contributed by atoms with van der Waals surface area (Å²) in [6.45, 7) is 3.33. The monoisotopic (exact) mass is 250 g/mol. The quantitative estimate of drug-likeness (QED) is 0.828. The molecule has 2 rings (SSSR count). The lowest BCUT2D eigenvalue weighted by Crippen LogP contribution is -2.33. The van der Waals surface area contributed by atoms with Crippen molar-refractivity contribution in [2.45, 2.75) is 38.6 Å². The van der Waals surface area contributed by atoms with Crippen LogP contribution in [0, 0.1) is 0 Å². The van der Waals surface area contributed by atoms with Crippen LogP contribution in [0.4, 0.5) is 11.6 Å². The predicted octanol–water partition coefficient (Wildman–Crippen LogP) is 1.43. The van der Waals surface area contributed by atoms with Gasteiger partial charge in [-0.2, -0.15) is 0 Å². The molecule has 0 aliphatic carbocycles. The molecule has 0 bridgehead atoms. The van der Waals surface area contributed by atoms with Gasteiger partial charge in [-0.05, 0) is 19.3 Å². The van der Waals surface area contributed by atoms with Crippen LogP contribution in [0.25, 0.3) is 0 Å². The number of aliphatic hydroxyl groups is 1. The van der Waals surface area contributed by atoms with Gasteiger partial charge in [0.25, 0.3) is 0 Å². The standard InChI is InChI=1S/C13H22N4O/c1-3-5-11-12(14-2)15-9-16-13(11)17-7-4-6-10(17)8-18/h9-10,18H,3-8H2,1-2H3,(H,14,15,16). The first-order valence-electron chi connectivity index (χ1n) is 6.71. The van der Waals surface area contributed by atoms with E-state index in [4.69, 9.17) is 0 Å². The Hall–Kier alpha value is -1.36. The van der Waals surface area contributed by atoms with Crippen molar-refractivity contribution in [3.05, 3.63) is 11.9 Å². The van der Waals surface area contributed by atoms with E-state index >= 15 is 0 Å². The van der Waals surface area contributed by atoms with Crippen molar-refractivity contribution in [3.8, 4) is 0 Å². The number of hydrogen-bond acceptors (Lipinski definition) is 5. The van der Waals surface area contributed by atoms with E-state index in [1.807, 2.05) is 7.05 Å². The summed E-state index contributed by atoms with van der Waals surface area (Å²) in [5.41, 5.74) is 1.17. The van der Waals surface area contributed by atoms with Gasteiger partial charge in [0, 0.05) is 19.2 Å². The molecule has 0 amide bonds. The molecule has 1 fully saturated rings. The van der Waals surface area contributed by atoms with Gasteiger partial charge in [-0.15, -0.1) is 0 Å². The van der Waals surface area contributed by atoms with Crippen molar-refractivity contribution in [2.24, 2.45) is 0 Å². The van der Waals surface area contributed by atoms with Crippen LogP contribution < -0.4 is 10.2 Å². The first kappa shape index (κ1) is 13.1. The lowest BCUT2D eigenvalue weighted by atomic mass is 10.1. The zero-order valence-electron chi connectivity index (χ0n) is 11.2. The number of nitrogens with one attached hydrogen (secondary N) is 1. The van der Waals surface area contributed by atoms with Crippen LogP contribution in [0.15, 0.2) is 6.33 Å². The summed E-state index contributed by atoms with van der Waals surface area (Å²) in [6.07, 6.45) is 5.79. The fraction of sp³-hybridized carbons (Fsp3) is 0.692. The molecule has 0 saturated carbocycles. The highest BCUT2D eigenvalue weighted by Crippen LogP contribution is 2.30. The molecular formula is C13H22N4O. The van der Waals surface area contributed by atoms with Gasteiger partial charge in [0.1, 0.15) is 18.0 Å². The van der Waals surface area contributed by atoms with Gasteiger partial charge in [0.2, 0.25) is 0 Å². The van der Waals surface area contributed by atoms with Gasteiger partial charge in [0.15, 0.2) is 0 Å². The van der Waals surface area contributed by atoms with E-state index in [2.05, 4.69) is 27.1 Å². The Morgan fingerprint density at radius 1 is 1.50 bits per heavy atom. The summed E-state index contributed by atoms with van der Waals surface area (Å²) >= 11 is 0. The van der Waals surface area contributed by atoms with Crippen LogP contribution in [0.2, 0.25) is 0 Å². The van der Waals surface area contributed by atoms with E-state index in [1.54, 1.807) is 6.33 Å². The average molecular weight is 250 g/mol. The van der Waals surface area contributed by atoms with Crippen molar-refractivity contribution >= 4 is 11.6 Å². The van der Waals surface area contributed by atoms with Gasteiger partial charge in [-0.3, -0.25) is 0 Å². The molecule has 1 saturated heterocycles. The molecule has 18 heavy (non-hydrogen) atoms. The third-order valence-corrected chi connectivity index (χ3v) is 3.52. The number of nitrogens with zero attached hydrogens (tertiary/aromatic N) is 3. The van der Waals surface area contributed by atoms with E-state index in [1.165, 1.54) is 5.56 Å². The molecule has 1 unspecified atom stereocenters. The maximum Gasteiger partial charge on any atom is 0.137 e. The zero-order valence-corrected chi connectivity index (χ0v) is 11.2. The Balaban J connectivity index is 2.36. The number of aliphatic hydroxyl groups excluding tert-OH is 1. The van der Waals surface area contributed by atoms with Gasteiger partial charge < -0.3 is 15.3 Å². The molecular weight excluding hydrogens is 228 g/mol. The molecule has 0 spiro atoms. The largest absolute Gasteiger partial charge is 0.394 e. The van der Waals surface area contributed by atoms with E-state index in [9.17, 15) is 5.11 Å². The van der Waals surface area contributed by atoms with Gasteiger partial charge >= 0.3 is 0 Å². The number of hydrogen-bond donors (Lipinski definition) is 2. The fourth-order valence-corrected chi connectivity index (χ4v) is 2.65. The minimum Gasteiger partial charge on any atom is -0.394 e. The average Bonchev–Trinajstić information content (AvgIpc) is 2.87. The minimum absolute atomic E-state index is 0.199. The second kappa shape index (κ2) is 6.00. The van der Waals surface area contributed by atoms with Gasteiger partial charge in [-0.1, -0.05) is 13.3 Å². The third kappa shape index (κ3) is 2.41. The van der Waals surface area contributed by atoms with Crippen LogP contribution in [0.1, 0.15) is 31.7 Å². The molecule has 2 heterocycles. The van der Waals surface area contributed by atoms with Gasteiger partial charge in [0.05, 0.1) is 12.6 Å². The summed E-state index contributed by atoms with van der Waals surface area (Å²) in [5, 5.41) is 12.6. The Bertz CT molecular complexity index is 397. The van der Waals surface area contributed by atoms with Crippen molar-refractivity contribution in [3.63, 3.8) is 0 Å². The van der Waals surface area contributed by atoms with Crippen molar-refractivity contribution in [2.75, 3.05) is 30.4 Å². The highest BCUT2D eigenvalue weighted by Gasteiger charge is 2.27. The molecule has 0 radical (unpaired) electrons. The molecule has 0 aromatic carbocycles. The zero-order chi connectivity index (χ0) is 13.0. The Labute approximate surface area is 108 Å². The second-order valence-corrected chi connectivity index (χ2v) is 4.70. The molecule has 1 aliphatic heterocycles. The van der Waals surface area contributed by atoms with E-state index < -0.39 is 0 Å². The fourth-order valence-electron chi connectivity index (χ4n) is 2.65. The van der Waals surface area contributed by atoms with Gasteiger partial charge in [-0.25, -0.2) is 9.97 Å². The maximum absolute atomic E-state index is 9.44. The number of rotatable bonds is 5. The molecule has 1 atom stereocenters. The Morgan fingerprint density at radius 2 is 2.33 bits per heavy atom. The molecule has 5 nitrogen and oxygen atoms in total. The van der Waals surface area contributed by atoms with E-state index in [-0.39, 0.29) is 12.6 Å². The van der Waals surface area contributed by atoms with Crippen LogP contribution in [0.5, 0.6) is 0 Å². The SMILES string of the molecule is CCCc1c(NC)ncnc1N1CCCC1CO. The summed E-state index contributed by atoms with van der Waals surface area (Å²) < 4.78 is 0. The van der Waals surface area contributed by atoms with Crippen LogP contribution in [-0.2, 0) is 6.42 Å². The van der Waals surface area contributed by atoms with Crippen LogP contribution >= 0.6 is 0 Å². The highest BCUT2D eigenvalue weighted by molar-refractivity contribution is 5.59. The lowest BCUT2D eigenvalue weighted by Gasteiger charge is -2.27. The minimum atomic E-state index is 0.199. The predicted molar refractivity (Wildman–Crippen MR) is 73.0 cm³/mol. The van der Waals surface area contributed by atoms with E-state index in [0.717, 1.165) is 43.9 Å². The van der Waals surface area contributed by atoms with Crippen LogP contribution in [-0.4, -0.2) is 41.3 Å². The molecule has 1 aromatic heterocycles. The second-order valence-electron chi connectivity index (χ2n) is 4.70. The third-order valence-electron chi connectivity index (χ3n) is 3.52. The normalized spacial score (nSPS) is 19.3. The Kier molecular flexibility index (Phi) is 4.36. The maximum atomic E-state index is 9.44. The number of anilines is 2. The van der Waals surface area contributed by atoms with Crippen molar-refractivity contribution in [1.82, 2.24) is 9.97 Å². The highest BCUT2D eigenvalue weighted by atomic mass is 16.3. The first-order valence-corrected chi connectivity index (χ1v) is 6.71. The smallest absolute Gasteiger partial charge is 0.137 e. The number of aromatic nitrogens is 2. The lowest BCUT2D eigenvalue weighted by molar-refractivity contribution is 0.266. The summed E-state index contributed by atoms with van der Waals surface area (Å²) in [5.74, 6) is 1.90. The summed E-state index contributed by atoms with van der Waals surface area (Å²) in [6, 6.07) is 0.209. The molecule has 1 aromatic rings. The Morgan fingerprint density at radius 3 is 3.00 bits per heavy atom.